The molecule has 0 unspecified atom stereocenters. The molecule has 15 heavy (non-hydrogen) atoms. The minimum atomic E-state index is -0.0412. The Hall–Kier alpha value is -0.0800. The fourth-order valence-electron chi connectivity index (χ4n) is 2.12. The van der Waals surface area contributed by atoms with Gasteiger partial charge in [-0.15, -0.1) is 0 Å². The van der Waals surface area contributed by atoms with E-state index in [0.29, 0.717) is 5.41 Å². The van der Waals surface area contributed by atoms with E-state index in [-0.39, 0.29) is 11.0 Å². The predicted molar refractivity (Wildman–Crippen MR) is 63.0 cm³/mol. The van der Waals surface area contributed by atoms with Crippen LogP contribution in [0.2, 0.25) is 0 Å². The molecular formula is C13H26O2. The zero-order valence-electron chi connectivity index (χ0n) is 11.1. The molecule has 0 aromatic carbocycles. The van der Waals surface area contributed by atoms with Crippen LogP contribution in [-0.2, 0) is 9.47 Å². The van der Waals surface area contributed by atoms with Crippen LogP contribution in [-0.4, -0.2) is 25.4 Å². The quantitative estimate of drug-likeness (QED) is 0.718. The Kier molecular flexibility index (Phi) is 3.52. The largest absolute Gasteiger partial charge is 0.380 e. The molecule has 0 aromatic rings. The van der Waals surface area contributed by atoms with Crippen LogP contribution < -0.4 is 0 Å². The molecular weight excluding hydrogens is 188 g/mol. The van der Waals surface area contributed by atoms with Crippen molar-refractivity contribution in [1.29, 1.82) is 0 Å². The SMILES string of the molecule is CC(C)(C)CC1(COC(C)(C)C)COC1. The second-order valence-electron chi connectivity index (χ2n) is 7.13. The van der Waals surface area contributed by atoms with Gasteiger partial charge in [-0.2, -0.15) is 0 Å². The van der Waals surface area contributed by atoms with E-state index in [0.717, 1.165) is 19.8 Å². The average molecular weight is 214 g/mol. The van der Waals surface area contributed by atoms with Crippen molar-refractivity contribution in [3.63, 3.8) is 0 Å². The van der Waals surface area contributed by atoms with Gasteiger partial charge in [0.05, 0.1) is 25.4 Å². The van der Waals surface area contributed by atoms with Gasteiger partial charge >= 0.3 is 0 Å². The van der Waals surface area contributed by atoms with Gasteiger partial charge in [0, 0.05) is 5.41 Å². The molecule has 1 saturated heterocycles. The molecule has 0 spiro atoms. The third-order valence-electron chi connectivity index (χ3n) is 2.53. The molecule has 0 bridgehead atoms. The lowest BCUT2D eigenvalue weighted by Crippen LogP contribution is -2.49. The summed E-state index contributed by atoms with van der Waals surface area (Å²) in [5.74, 6) is 0. The second kappa shape index (κ2) is 4.06. The smallest absolute Gasteiger partial charge is 0.0598 e. The first-order valence-electron chi connectivity index (χ1n) is 5.84. The maximum atomic E-state index is 5.90. The first-order chi connectivity index (χ1) is 6.62. The number of hydrogen-bond acceptors (Lipinski definition) is 2. The molecule has 0 radical (unpaired) electrons. The molecule has 0 N–H and O–H groups in total. The Labute approximate surface area is 94.3 Å². The summed E-state index contributed by atoms with van der Waals surface area (Å²) in [5, 5.41) is 0. The molecule has 1 heterocycles. The normalized spacial score (nSPS) is 21.2. The highest BCUT2D eigenvalue weighted by atomic mass is 16.5. The molecule has 1 rings (SSSR count). The fourth-order valence-corrected chi connectivity index (χ4v) is 2.12. The standard InChI is InChI=1S/C13H26O2/c1-11(2,3)7-13(8-14-9-13)10-15-12(4,5)6/h7-10H2,1-6H3. The minimum Gasteiger partial charge on any atom is -0.380 e. The fraction of sp³-hybridized carbons (Fsp3) is 1.00. The molecule has 90 valence electrons. The van der Waals surface area contributed by atoms with E-state index in [4.69, 9.17) is 9.47 Å². The van der Waals surface area contributed by atoms with Gasteiger partial charge in [0.25, 0.3) is 0 Å². The van der Waals surface area contributed by atoms with Gasteiger partial charge in [0.15, 0.2) is 0 Å². The molecule has 0 amide bonds. The lowest BCUT2D eigenvalue weighted by Gasteiger charge is -2.46. The lowest BCUT2D eigenvalue weighted by molar-refractivity contribution is -0.183. The monoisotopic (exact) mass is 214 g/mol. The van der Waals surface area contributed by atoms with Crippen molar-refractivity contribution in [2.75, 3.05) is 19.8 Å². The average Bonchev–Trinajstić information content (AvgIpc) is 1.90. The maximum Gasteiger partial charge on any atom is 0.0598 e. The predicted octanol–water partition coefficient (Wildman–Crippen LogP) is 3.25. The molecule has 0 saturated carbocycles. The van der Waals surface area contributed by atoms with Gasteiger partial charge in [-0.1, -0.05) is 20.8 Å². The Morgan fingerprint density at radius 1 is 1.07 bits per heavy atom. The highest BCUT2D eigenvalue weighted by Gasteiger charge is 2.42. The molecule has 0 aliphatic carbocycles. The molecule has 2 heteroatoms. The van der Waals surface area contributed by atoms with E-state index in [2.05, 4.69) is 41.5 Å². The highest BCUT2D eigenvalue weighted by Crippen LogP contribution is 2.40. The molecule has 0 aromatic heterocycles. The van der Waals surface area contributed by atoms with Crippen molar-refractivity contribution >= 4 is 0 Å². The summed E-state index contributed by atoms with van der Waals surface area (Å²) in [7, 11) is 0. The minimum absolute atomic E-state index is 0.0412. The van der Waals surface area contributed by atoms with Crippen LogP contribution in [0.1, 0.15) is 48.0 Å². The van der Waals surface area contributed by atoms with Crippen LogP contribution in [0.15, 0.2) is 0 Å². The molecule has 1 aliphatic rings. The summed E-state index contributed by atoms with van der Waals surface area (Å²) in [6.07, 6.45) is 1.18. The van der Waals surface area contributed by atoms with Gasteiger partial charge in [0.2, 0.25) is 0 Å². The summed E-state index contributed by atoms with van der Waals surface area (Å²) in [6, 6.07) is 0. The number of rotatable bonds is 3. The van der Waals surface area contributed by atoms with Crippen molar-refractivity contribution in [3.05, 3.63) is 0 Å². The zero-order chi connectivity index (χ0) is 11.7. The number of ether oxygens (including phenoxy) is 2. The van der Waals surface area contributed by atoms with E-state index in [1.807, 2.05) is 0 Å². The Morgan fingerprint density at radius 2 is 1.60 bits per heavy atom. The van der Waals surface area contributed by atoms with Crippen molar-refractivity contribution in [2.45, 2.75) is 53.6 Å². The van der Waals surface area contributed by atoms with Crippen LogP contribution >= 0.6 is 0 Å². The first kappa shape index (κ1) is 13.0. The second-order valence-corrected chi connectivity index (χ2v) is 7.13. The van der Waals surface area contributed by atoms with E-state index in [1.54, 1.807) is 0 Å². The van der Waals surface area contributed by atoms with E-state index < -0.39 is 0 Å². The van der Waals surface area contributed by atoms with Crippen LogP contribution in [0.25, 0.3) is 0 Å². The summed E-state index contributed by atoms with van der Waals surface area (Å²) in [5.41, 5.74) is 0.580. The lowest BCUT2D eigenvalue weighted by atomic mass is 9.73. The van der Waals surface area contributed by atoms with Gasteiger partial charge in [-0.3, -0.25) is 0 Å². The first-order valence-corrected chi connectivity index (χ1v) is 5.84. The van der Waals surface area contributed by atoms with E-state index >= 15 is 0 Å². The Bertz CT molecular complexity index is 204. The summed E-state index contributed by atoms with van der Waals surface area (Å²) >= 11 is 0. The van der Waals surface area contributed by atoms with Crippen LogP contribution in [0.3, 0.4) is 0 Å². The highest BCUT2D eigenvalue weighted by molar-refractivity contribution is 4.90. The molecule has 1 fully saturated rings. The molecule has 1 aliphatic heterocycles. The summed E-state index contributed by atoms with van der Waals surface area (Å²) in [6.45, 7) is 15.7. The third-order valence-corrected chi connectivity index (χ3v) is 2.53. The summed E-state index contributed by atoms with van der Waals surface area (Å²) < 4.78 is 11.3. The summed E-state index contributed by atoms with van der Waals surface area (Å²) in [4.78, 5) is 0. The van der Waals surface area contributed by atoms with Gasteiger partial charge in [-0.25, -0.2) is 0 Å². The van der Waals surface area contributed by atoms with Crippen molar-refractivity contribution in [2.24, 2.45) is 10.8 Å². The van der Waals surface area contributed by atoms with Crippen molar-refractivity contribution < 1.29 is 9.47 Å². The molecule has 0 atom stereocenters. The van der Waals surface area contributed by atoms with Crippen LogP contribution in [0.5, 0.6) is 0 Å². The van der Waals surface area contributed by atoms with E-state index in [1.165, 1.54) is 6.42 Å². The van der Waals surface area contributed by atoms with Gasteiger partial charge < -0.3 is 9.47 Å². The Morgan fingerprint density at radius 3 is 1.87 bits per heavy atom. The van der Waals surface area contributed by atoms with Crippen LogP contribution in [0, 0.1) is 10.8 Å². The third kappa shape index (κ3) is 4.52. The zero-order valence-corrected chi connectivity index (χ0v) is 11.1. The van der Waals surface area contributed by atoms with Gasteiger partial charge in [0.1, 0.15) is 0 Å². The number of hydrogen-bond donors (Lipinski definition) is 0. The van der Waals surface area contributed by atoms with Crippen molar-refractivity contribution in [3.8, 4) is 0 Å². The topological polar surface area (TPSA) is 18.5 Å². The Balaban J connectivity index is 2.47. The van der Waals surface area contributed by atoms with Crippen molar-refractivity contribution in [1.82, 2.24) is 0 Å². The maximum absolute atomic E-state index is 5.90. The van der Waals surface area contributed by atoms with E-state index in [9.17, 15) is 0 Å². The molecule has 2 nitrogen and oxygen atoms in total. The van der Waals surface area contributed by atoms with Crippen LogP contribution in [0.4, 0.5) is 0 Å². The van der Waals surface area contributed by atoms with Gasteiger partial charge in [-0.05, 0) is 32.6 Å².